The maximum atomic E-state index is 12.1. The van der Waals surface area contributed by atoms with E-state index in [2.05, 4.69) is 24.5 Å². The number of nitrogens with one attached hydrogen (secondary N) is 2. The highest BCUT2D eigenvalue weighted by atomic mass is 16.2. The molecular formula is C16H29N3O2. The van der Waals surface area contributed by atoms with Crippen molar-refractivity contribution in [1.29, 1.82) is 0 Å². The SMILES string of the molecule is C[C@@H]1[C@@H](C)CCC[C@H]1NC(=O)CN(C)CC(=O)NC1CC1. The molecule has 2 aliphatic rings. The van der Waals surface area contributed by atoms with Crippen LogP contribution in [0.2, 0.25) is 0 Å². The molecule has 120 valence electrons. The van der Waals surface area contributed by atoms with Gasteiger partial charge in [-0.25, -0.2) is 0 Å². The Morgan fingerprint density at radius 3 is 2.24 bits per heavy atom. The number of nitrogens with zero attached hydrogens (tertiary/aromatic N) is 1. The highest BCUT2D eigenvalue weighted by Crippen LogP contribution is 2.29. The van der Waals surface area contributed by atoms with Gasteiger partial charge in [0.15, 0.2) is 0 Å². The molecule has 2 fully saturated rings. The molecule has 0 aromatic rings. The van der Waals surface area contributed by atoms with E-state index in [4.69, 9.17) is 0 Å². The standard InChI is InChI=1S/C16H29N3O2/c1-11-5-4-6-14(12(11)2)18-16(21)10-19(3)9-15(20)17-13-7-8-13/h11-14H,4-10H2,1-3H3,(H,17,20)(H,18,21)/t11-,12+,14+/m0/s1. The molecule has 2 saturated carbocycles. The van der Waals surface area contributed by atoms with Gasteiger partial charge < -0.3 is 10.6 Å². The Hall–Kier alpha value is -1.10. The van der Waals surface area contributed by atoms with Gasteiger partial charge in [-0.1, -0.05) is 26.7 Å². The van der Waals surface area contributed by atoms with Gasteiger partial charge in [-0.15, -0.1) is 0 Å². The summed E-state index contributed by atoms with van der Waals surface area (Å²) in [4.78, 5) is 25.6. The molecular weight excluding hydrogens is 266 g/mol. The molecule has 0 saturated heterocycles. The molecule has 0 spiro atoms. The van der Waals surface area contributed by atoms with Gasteiger partial charge in [0.1, 0.15) is 0 Å². The Morgan fingerprint density at radius 1 is 1.00 bits per heavy atom. The zero-order chi connectivity index (χ0) is 15.4. The van der Waals surface area contributed by atoms with Crippen molar-refractivity contribution in [1.82, 2.24) is 15.5 Å². The predicted molar refractivity (Wildman–Crippen MR) is 82.8 cm³/mol. The van der Waals surface area contributed by atoms with Crippen LogP contribution in [0.4, 0.5) is 0 Å². The van der Waals surface area contributed by atoms with E-state index in [-0.39, 0.29) is 24.4 Å². The lowest BCUT2D eigenvalue weighted by Crippen LogP contribution is -2.48. The fourth-order valence-corrected chi connectivity index (χ4v) is 3.09. The van der Waals surface area contributed by atoms with E-state index >= 15 is 0 Å². The summed E-state index contributed by atoms with van der Waals surface area (Å²) in [6, 6.07) is 0.666. The van der Waals surface area contributed by atoms with Crippen molar-refractivity contribution in [2.45, 2.75) is 58.0 Å². The quantitative estimate of drug-likeness (QED) is 0.772. The van der Waals surface area contributed by atoms with E-state index in [9.17, 15) is 9.59 Å². The Morgan fingerprint density at radius 2 is 1.62 bits per heavy atom. The minimum atomic E-state index is 0.0208. The van der Waals surface area contributed by atoms with E-state index in [1.54, 1.807) is 4.90 Å². The zero-order valence-corrected chi connectivity index (χ0v) is 13.5. The van der Waals surface area contributed by atoms with Crippen molar-refractivity contribution in [2.24, 2.45) is 11.8 Å². The van der Waals surface area contributed by atoms with E-state index in [0.29, 0.717) is 24.4 Å². The van der Waals surface area contributed by atoms with Gasteiger partial charge in [0.05, 0.1) is 13.1 Å². The Kier molecular flexibility index (Phi) is 5.62. The number of carbonyl (C=O) groups is 2. The van der Waals surface area contributed by atoms with Crippen LogP contribution in [0.15, 0.2) is 0 Å². The molecule has 5 nitrogen and oxygen atoms in total. The average molecular weight is 295 g/mol. The lowest BCUT2D eigenvalue weighted by molar-refractivity contribution is -0.125. The molecule has 0 unspecified atom stereocenters. The van der Waals surface area contributed by atoms with Gasteiger partial charge in [-0.2, -0.15) is 0 Å². The summed E-state index contributed by atoms with van der Waals surface area (Å²) in [5, 5.41) is 6.08. The molecule has 2 rings (SSSR count). The molecule has 0 radical (unpaired) electrons. The van der Waals surface area contributed by atoms with Gasteiger partial charge in [-0.3, -0.25) is 14.5 Å². The van der Waals surface area contributed by atoms with Crippen LogP contribution in [0.1, 0.15) is 46.0 Å². The molecule has 0 aliphatic heterocycles. The number of likely N-dealkylation sites (N-methyl/N-ethyl adjacent to an activating group) is 1. The predicted octanol–water partition coefficient (Wildman–Crippen LogP) is 1.14. The minimum Gasteiger partial charge on any atom is -0.352 e. The Labute approximate surface area is 127 Å². The smallest absolute Gasteiger partial charge is 0.234 e. The molecule has 0 bridgehead atoms. The fraction of sp³-hybridized carbons (Fsp3) is 0.875. The van der Waals surface area contributed by atoms with Gasteiger partial charge >= 0.3 is 0 Å². The van der Waals surface area contributed by atoms with Crippen LogP contribution < -0.4 is 10.6 Å². The molecule has 3 atom stereocenters. The average Bonchev–Trinajstić information content (AvgIpc) is 3.18. The lowest BCUT2D eigenvalue weighted by atomic mass is 9.78. The first-order valence-corrected chi connectivity index (χ1v) is 8.23. The zero-order valence-electron chi connectivity index (χ0n) is 13.5. The number of rotatable bonds is 6. The fourth-order valence-electron chi connectivity index (χ4n) is 3.09. The summed E-state index contributed by atoms with van der Waals surface area (Å²) in [6.45, 7) is 5.06. The first-order chi connectivity index (χ1) is 9.95. The minimum absolute atomic E-state index is 0.0208. The van der Waals surface area contributed by atoms with Crippen molar-refractivity contribution in [2.75, 3.05) is 20.1 Å². The normalized spacial score (nSPS) is 29.2. The largest absolute Gasteiger partial charge is 0.352 e. The van der Waals surface area contributed by atoms with Crippen LogP contribution in [-0.4, -0.2) is 48.9 Å². The van der Waals surface area contributed by atoms with Crippen molar-refractivity contribution >= 4 is 11.8 Å². The maximum Gasteiger partial charge on any atom is 0.234 e. The molecule has 0 heterocycles. The van der Waals surface area contributed by atoms with Crippen molar-refractivity contribution in [3.63, 3.8) is 0 Å². The Bertz CT molecular complexity index is 382. The summed E-state index contributed by atoms with van der Waals surface area (Å²) in [6.07, 6.45) is 5.70. The molecule has 2 N–H and O–H groups in total. The van der Waals surface area contributed by atoms with Crippen LogP contribution in [0.25, 0.3) is 0 Å². The Balaban J connectivity index is 1.68. The summed E-state index contributed by atoms with van der Waals surface area (Å²) >= 11 is 0. The second kappa shape index (κ2) is 7.25. The summed E-state index contributed by atoms with van der Waals surface area (Å²) in [5.41, 5.74) is 0. The molecule has 0 aromatic heterocycles. The number of hydrogen-bond donors (Lipinski definition) is 2. The first-order valence-electron chi connectivity index (χ1n) is 8.23. The number of hydrogen-bond acceptors (Lipinski definition) is 3. The second-order valence-electron chi connectivity index (χ2n) is 6.96. The summed E-state index contributed by atoms with van der Waals surface area (Å²) in [7, 11) is 1.82. The molecule has 5 heteroatoms. The third-order valence-corrected chi connectivity index (χ3v) is 4.82. The monoisotopic (exact) mass is 295 g/mol. The van der Waals surface area contributed by atoms with E-state index in [0.717, 1.165) is 19.3 Å². The van der Waals surface area contributed by atoms with Crippen LogP contribution >= 0.6 is 0 Å². The highest BCUT2D eigenvalue weighted by Gasteiger charge is 2.28. The number of amides is 2. The van der Waals surface area contributed by atoms with Crippen molar-refractivity contribution in [3.05, 3.63) is 0 Å². The highest BCUT2D eigenvalue weighted by molar-refractivity contribution is 5.81. The van der Waals surface area contributed by atoms with Gasteiger partial charge in [0, 0.05) is 12.1 Å². The second-order valence-corrected chi connectivity index (χ2v) is 6.96. The molecule has 2 aliphatic carbocycles. The van der Waals surface area contributed by atoms with Gasteiger partial charge in [-0.05, 0) is 38.1 Å². The maximum absolute atomic E-state index is 12.1. The van der Waals surface area contributed by atoms with E-state index < -0.39 is 0 Å². The van der Waals surface area contributed by atoms with E-state index in [1.165, 1.54) is 12.8 Å². The molecule has 21 heavy (non-hydrogen) atoms. The topological polar surface area (TPSA) is 61.4 Å². The van der Waals surface area contributed by atoms with Crippen molar-refractivity contribution < 1.29 is 9.59 Å². The van der Waals surface area contributed by atoms with Crippen LogP contribution in [0.5, 0.6) is 0 Å². The summed E-state index contributed by atoms with van der Waals surface area (Å²) < 4.78 is 0. The van der Waals surface area contributed by atoms with Gasteiger partial charge in [0.2, 0.25) is 11.8 Å². The molecule has 0 aromatic carbocycles. The van der Waals surface area contributed by atoms with Crippen LogP contribution in [0, 0.1) is 11.8 Å². The van der Waals surface area contributed by atoms with E-state index in [1.807, 2.05) is 7.05 Å². The number of carbonyl (C=O) groups excluding carboxylic acids is 2. The lowest BCUT2D eigenvalue weighted by Gasteiger charge is -2.34. The third-order valence-electron chi connectivity index (χ3n) is 4.82. The summed E-state index contributed by atoms with van der Waals surface area (Å²) in [5.74, 6) is 1.26. The van der Waals surface area contributed by atoms with Crippen LogP contribution in [0.3, 0.4) is 0 Å². The van der Waals surface area contributed by atoms with Gasteiger partial charge in [0.25, 0.3) is 0 Å². The molecule has 2 amide bonds. The van der Waals surface area contributed by atoms with Crippen molar-refractivity contribution in [3.8, 4) is 0 Å². The van der Waals surface area contributed by atoms with Crippen LogP contribution in [-0.2, 0) is 9.59 Å². The first kappa shape index (κ1) is 16.3. The third kappa shape index (κ3) is 5.30.